The van der Waals surface area contributed by atoms with Crippen LogP contribution >= 0.6 is 0 Å². The fraction of sp³-hybridized carbons (Fsp3) is 0.875. The molecule has 1 N–H and O–H groups in total. The van der Waals surface area contributed by atoms with E-state index in [9.17, 15) is 5.11 Å². The molecule has 1 aliphatic carbocycles. The molecule has 1 rings (SSSR count). The molecule has 0 amide bonds. The first kappa shape index (κ1) is 8.51. The van der Waals surface area contributed by atoms with E-state index in [1.807, 2.05) is 11.9 Å². The van der Waals surface area contributed by atoms with Gasteiger partial charge in [-0.2, -0.15) is 5.26 Å². The third kappa shape index (κ3) is 1.92. The summed E-state index contributed by atoms with van der Waals surface area (Å²) in [4.78, 5) is 1.93. The van der Waals surface area contributed by atoms with Gasteiger partial charge in [0, 0.05) is 6.04 Å². The Kier molecular flexibility index (Phi) is 2.86. The van der Waals surface area contributed by atoms with E-state index in [-0.39, 0.29) is 12.1 Å². The van der Waals surface area contributed by atoms with Gasteiger partial charge in [0.05, 0.1) is 18.7 Å². The van der Waals surface area contributed by atoms with E-state index >= 15 is 0 Å². The van der Waals surface area contributed by atoms with Gasteiger partial charge in [-0.1, -0.05) is 0 Å². The zero-order chi connectivity index (χ0) is 8.27. The average Bonchev–Trinajstić information content (AvgIpc) is 2.36. The third-order valence-electron chi connectivity index (χ3n) is 2.33. The minimum Gasteiger partial charge on any atom is -0.391 e. The Hall–Kier alpha value is -0.590. The highest BCUT2D eigenvalue weighted by Gasteiger charge is 2.27. The number of likely N-dealkylation sites (N-methyl/N-ethyl adjacent to an activating group) is 1. The second kappa shape index (κ2) is 3.70. The van der Waals surface area contributed by atoms with E-state index in [0.29, 0.717) is 6.54 Å². The smallest absolute Gasteiger partial charge is 0.0866 e. The van der Waals surface area contributed by atoms with Gasteiger partial charge >= 0.3 is 0 Å². The first-order valence-electron chi connectivity index (χ1n) is 4.01. The summed E-state index contributed by atoms with van der Waals surface area (Å²) in [5, 5.41) is 17.8. The maximum absolute atomic E-state index is 9.43. The van der Waals surface area contributed by atoms with Gasteiger partial charge in [-0.05, 0) is 26.3 Å². The van der Waals surface area contributed by atoms with E-state index in [1.54, 1.807) is 0 Å². The summed E-state index contributed by atoms with van der Waals surface area (Å²) in [7, 11) is 1.89. The van der Waals surface area contributed by atoms with Crippen LogP contribution in [0.4, 0.5) is 0 Å². The number of rotatable bonds is 2. The summed E-state index contributed by atoms with van der Waals surface area (Å²) in [5.74, 6) is 0. The van der Waals surface area contributed by atoms with Gasteiger partial charge in [-0.15, -0.1) is 0 Å². The van der Waals surface area contributed by atoms with Crippen molar-refractivity contribution in [1.82, 2.24) is 4.90 Å². The molecule has 0 spiro atoms. The first-order chi connectivity index (χ1) is 5.25. The monoisotopic (exact) mass is 154 g/mol. The van der Waals surface area contributed by atoms with Crippen LogP contribution in [-0.4, -0.2) is 35.7 Å². The molecule has 0 aromatic carbocycles. The highest BCUT2D eigenvalue weighted by Crippen LogP contribution is 2.22. The van der Waals surface area contributed by atoms with E-state index in [4.69, 9.17) is 5.26 Å². The molecule has 1 fully saturated rings. The first-order valence-corrected chi connectivity index (χ1v) is 4.01. The molecule has 11 heavy (non-hydrogen) atoms. The molecule has 0 aromatic rings. The molecule has 2 unspecified atom stereocenters. The summed E-state index contributed by atoms with van der Waals surface area (Å²) in [6.07, 6.45) is 2.79. The Balaban J connectivity index is 2.40. The van der Waals surface area contributed by atoms with Crippen LogP contribution in [0.1, 0.15) is 19.3 Å². The van der Waals surface area contributed by atoms with E-state index < -0.39 is 0 Å². The number of nitrogens with zero attached hydrogens (tertiary/aromatic N) is 2. The van der Waals surface area contributed by atoms with Gasteiger partial charge in [0.25, 0.3) is 0 Å². The van der Waals surface area contributed by atoms with Crippen molar-refractivity contribution in [3.63, 3.8) is 0 Å². The Labute approximate surface area is 67.2 Å². The highest BCUT2D eigenvalue weighted by molar-refractivity contribution is 4.87. The normalized spacial score (nSPS) is 30.7. The lowest BCUT2D eigenvalue weighted by atomic mass is 10.2. The van der Waals surface area contributed by atoms with Crippen molar-refractivity contribution in [2.45, 2.75) is 31.4 Å². The quantitative estimate of drug-likeness (QED) is 0.584. The van der Waals surface area contributed by atoms with Gasteiger partial charge in [0.1, 0.15) is 0 Å². The Morgan fingerprint density at radius 2 is 2.36 bits per heavy atom. The Morgan fingerprint density at radius 1 is 1.64 bits per heavy atom. The predicted molar refractivity (Wildman–Crippen MR) is 41.9 cm³/mol. The molecular formula is C8H14N2O. The van der Waals surface area contributed by atoms with Crippen LogP contribution in [0.25, 0.3) is 0 Å². The van der Waals surface area contributed by atoms with Crippen LogP contribution in [0, 0.1) is 11.3 Å². The molecule has 0 aromatic heterocycles. The van der Waals surface area contributed by atoms with Crippen molar-refractivity contribution >= 4 is 0 Å². The van der Waals surface area contributed by atoms with Crippen LogP contribution in [0.3, 0.4) is 0 Å². The fourth-order valence-electron chi connectivity index (χ4n) is 1.66. The maximum Gasteiger partial charge on any atom is 0.0866 e. The molecule has 3 heteroatoms. The zero-order valence-corrected chi connectivity index (χ0v) is 6.82. The molecule has 0 saturated heterocycles. The summed E-state index contributed by atoms with van der Waals surface area (Å²) < 4.78 is 0. The Bertz CT molecular complexity index is 164. The average molecular weight is 154 g/mol. The summed E-state index contributed by atoms with van der Waals surface area (Å²) in [5.41, 5.74) is 0. The van der Waals surface area contributed by atoms with E-state index in [2.05, 4.69) is 6.07 Å². The molecule has 1 aliphatic rings. The molecule has 0 aliphatic heterocycles. The van der Waals surface area contributed by atoms with Crippen molar-refractivity contribution < 1.29 is 5.11 Å². The SMILES string of the molecule is CN(CC#N)C1CCCC1O. The van der Waals surface area contributed by atoms with Crippen LogP contribution < -0.4 is 0 Å². The van der Waals surface area contributed by atoms with Crippen LogP contribution in [0.15, 0.2) is 0 Å². The van der Waals surface area contributed by atoms with Crippen molar-refractivity contribution in [3.8, 4) is 6.07 Å². The molecule has 0 bridgehead atoms. The lowest BCUT2D eigenvalue weighted by Crippen LogP contribution is -2.37. The molecule has 1 saturated carbocycles. The van der Waals surface area contributed by atoms with E-state index in [0.717, 1.165) is 19.3 Å². The van der Waals surface area contributed by atoms with Crippen molar-refractivity contribution in [2.75, 3.05) is 13.6 Å². The summed E-state index contributed by atoms with van der Waals surface area (Å²) in [6, 6.07) is 2.30. The van der Waals surface area contributed by atoms with Crippen molar-refractivity contribution in [1.29, 1.82) is 5.26 Å². The molecule has 0 radical (unpaired) electrons. The van der Waals surface area contributed by atoms with Gasteiger partial charge in [-0.3, -0.25) is 4.90 Å². The third-order valence-corrected chi connectivity index (χ3v) is 2.33. The van der Waals surface area contributed by atoms with Crippen LogP contribution in [0.2, 0.25) is 0 Å². The number of hydrogen-bond acceptors (Lipinski definition) is 3. The van der Waals surface area contributed by atoms with Gasteiger partial charge in [0.2, 0.25) is 0 Å². The van der Waals surface area contributed by atoms with Crippen molar-refractivity contribution in [3.05, 3.63) is 0 Å². The highest BCUT2D eigenvalue weighted by atomic mass is 16.3. The van der Waals surface area contributed by atoms with Crippen molar-refractivity contribution in [2.24, 2.45) is 0 Å². The lowest BCUT2D eigenvalue weighted by Gasteiger charge is -2.23. The minimum atomic E-state index is -0.214. The standard InChI is InChI=1S/C8H14N2O/c1-10(6-5-9)7-3-2-4-8(7)11/h7-8,11H,2-4,6H2,1H3. The molecular weight excluding hydrogens is 140 g/mol. The molecule has 0 heterocycles. The largest absolute Gasteiger partial charge is 0.391 e. The molecule has 2 atom stereocenters. The minimum absolute atomic E-state index is 0.214. The number of aliphatic hydroxyl groups is 1. The van der Waals surface area contributed by atoms with Gasteiger partial charge in [0.15, 0.2) is 0 Å². The summed E-state index contributed by atoms with van der Waals surface area (Å²) in [6.45, 7) is 0.418. The second-order valence-electron chi connectivity index (χ2n) is 3.14. The van der Waals surface area contributed by atoms with Crippen LogP contribution in [0.5, 0.6) is 0 Å². The number of hydrogen-bond donors (Lipinski definition) is 1. The molecule has 3 nitrogen and oxygen atoms in total. The van der Waals surface area contributed by atoms with Gasteiger partial charge in [-0.25, -0.2) is 0 Å². The van der Waals surface area contributed by atoms with Crippen LogP contribution in [-0.2, 0) is 0 Å². The van der Waals surface area contributed by atoms with Gasteiger partial charge < -0.3 is 5.11 Å². The fourth-order valence-corrected chi connectivity index (χ4v) is 1.66. The Morgan fingerprint density at radius 3 is 2.82 bits per heavy atom. The van der Waals surface area contributed by atoms with E-state index in [1.165, 1.54) is 0 Å². The number of aliphatic hydroxyl groups excluding tert-OH is 1. The number of nitriles is 1. The maximum atomic E-state index is 9.43. The lowest BCUT2D eigenvalue weighted by molar-refractivity contribution is 0.0935. The topological polar surface area (TPSA) is 47.3 Å². The molecule has 62 valence electrons. The second-order valence-corrected chi connectivity index (χ2v) is 3.14. The zero-order valence-electron chi connectivity index (χ0n) is 6.82. The predicted octanol–water partition coefficient (Wildman–Crippen LogP) is 0.355. The summed E-state index contributed by atoms with van der Waals surface area (Å²) >= 11 is 0.